The molecule has 0 unspecified atom stereocenters. The molecule has 2 amide bonds. The molecule has 0 bridgehead atoms. The maximum Gasteiger partial charge on any atom is 0.241 e. The average molecular weight is 307 g/mol. The van der Waals surface area contributed by atoms with E-state index < -0.39 is 0 Å². The van der Waals surface area contributed by atoms with Crippen LogP contribution in [0.3, 0.4) is 0 Å². The Morgan fingerprint density at radius 3 is 2.65 bits per heavy atom. The van der Waals surface area contributed by atoms with Crippen molar-refractivity contribution < 1.29 is 9.59 Å². The summed E-state index contributed by atoms with van der Waals surface area (Å²) in [5, 5.41) is 3.20. The molecule has 1 aromatic carbocycles. The maximum atomic E-state index is 12.4. The summed E-state index contributed by atoms with van der Waals surface area (Å²) in [6.45, 7) is 0. The van der Waals surface area contributed by atoms with Crippen LogP contribution < -0.4 is 9.80 Å². The molecular weight excluding hydrogens is 296 g/mol. The minimum absolute atomic E-state index is 0.152. The van der Waals surface area contributed by atoms with Crippen molar-refractivity contribution in [1.29, 1.82) is 0 Å². The number of amides is 2. The van der Waals surface area contributed by atoms with Crippen molar-refractivity contribution in [3.05, 3.63) is 40.7 Å². The lowest BCUT2D eigenvalue weighted by Crippen LogP contribution is -2.28. The van der Waals surface area contributed by atoms with Gasteiger partial charge in [0.05, 0.1) is 11.4 Å². The van der Waals surface area contributed by atoms with Gasteiger partial charge in [-0.05, 0) is 35.7 Å². The molecule has 0 fully saturated rings. The first kappa shape index (κ1) is 13.1. The van der Waals surface area contributed by atoms with E-state index in [1.54, 1.807) is 30.1 Å². The molecule has 0 saturated carbocycles. The fourth-order valence-electron chi connectivity index (χ4n) is 2.19. The van der Waals surface area contributed by atoms with Gasteiger partial charge in [0.15, 0.2) is 0 Å². The van der Waals surface area contributed by atoms with E-state index in [1.165, 1.54) is 16.2 Å². The molecule has 1 aliphatic rings. The minimum atomic E-state index is -0.245. The third-order valence-corrected chi connectivity index (χ3v) is 4.28. The number of benzene rings is 1. The molecule has 6 heteroatoms. The highest BCUT2D eigenvalue weighted by molar-refractivity contribution is 7.14. The largest absolute Gasteiger partial charge is 0.313 e. The summed E-state index contributed by atoms with van der Waals surface area (Å²) in [6.07, 6.45) is -0.152. The van der Waals surface area contributed by atoms with E-state index in [1.807, 2.05) is 17.5 Å². The first-order valence-corrected chi connectivity index (χ1v) is 7.26. The Kier molecular flexibility index (Phi) is 3.23. The van der Waals surface area contributed by atoms with Crippen LogP contribution in [0.15, 0.2) is 35.7 Å². The number of carbonyl (C=O) groups excluding carboxylic acids is 2. The van der Waals surface area contributed by atoms with Gasteiger partial charge < -0.3 is 4.90 Å². The molecule has 2 aromatic rings. The fourth-order valence-corrected chi connectivity index (χ4v) is 3.12. The van der Waals surface area contributed by atoms with Gasteiger partial charge in [0.25, 0.3) is 0 Å². The predicted octanol–water partition coefficient (Wildman–Crippen LogP) is 3.43. The van der Waals surface area contributed by atoms with Crippen LogP contribution in [0.5, 0.6) is 0 Å². The number of carbonyl (C=O) groups is 2. The SMILES string of the molecule is CN1C(=O)CC(=O)N(c2cccs2)c2cc(Cl)ccc21. The monoisotopic (exact) mass is 306 g/mol. The zero-order valence-electron chi connectivity index (χ0n) is 10.7. The molecule has 0 saturated heterocycles. The zero-order chi connectivity index (χ0) is 14.3. The maximum absolute atomic E-state index is 12.4. The number of anilines is 3. The summed E-state index contributed by atoms with van der Waals surface area (Å²) >= 11 is 7.50. The summed E-state index contributed by atoms with van der Waals surface area (Å²) in [6, 6.07) is 8.90. The Hall–Kier alpha value is -1.85. The number of fused-ring (bicyclic) bond motifs is 1. The third-order valence-electron chi connectivity index (χ3n) is 3.19. The molecule has 0 spiro atoms. The summed E-state index contributed by atoms with van der Waals surface area (Å²) in [5.41, 5.74) is 1.32. The lowest BCUT2D eigenvalue weighted by Gasteiger charge is -2.22. The summed E-state index contributed by atoms with van der Waals surface area (Å²) in [7, 11) is 1.67. The molecule has 20 heavy (non-hydrogen) atoms. The Bertz CT molecular complexity index is 684. The smallest absolute Gasteiger partial charge is 0.241 e. The number of halogens is 1. The number of nitrogens with zero attached hydrogens (tertiary/aromatic N) is 2. The Morgan fingerprint density at radius 2 is 1.95 bits per heavy atom. The molecule has 2 heterocycles. The van der Waals surface area contributed by atoms with E-state index in [9.17, 15) is 9.59 Å². The van der Waals surface area contributed by atoms with Crippen LogP contribution in [-0.2, 0) is 9.59 Å². The van der Waals surface area contributed by atoms with Crippen LogP contribution in [0.25, 0.3) is 0 Å². The van der Waals surface area contributed by atoms with Gasteiger partial charge in [-0.1, -0.05) is 11.6 Å². The number of hydrogen-bond donors (Lipinski definition) is 0. The van der Waals surface area contributed by atoms with Crippen molar-refractivity contribution in [2.24, 2.45) is 0 Å². The molecule has 4 nitrogen and oxygen atoms in total. The van der Waals surface area contributed by atoms with Crippen molar-refractivity contribution in [1.82, 2.24) is 0 Å². The lowest BCUT2D eigenvalue weighted by atomic mass is 10.2. The van der Waals surface area contributed by atoms with Crippen LogP contribution in [0.2, 0.25) is 5.02 Å². The van der Waals surface area contributed by atoms with E-state index in [0.717, 1.165) is 5.00 Å². The standard InChI is InChI=1S/C14H11ClN2O2S/c1-16-10-5-4-9(15)7-11(10)17(13(19)8-12(16)18)14-3-2-6-20-14/h2-7H,8H2,1H3. The van der Waals surface area contributed by atoms with Crippen molar-refractivity contribution >= 4 is 51.1 Å². The molecule has 0 N–H and O–H groups in total. The van der Waals surface area contributed by atoms with E-state index >= 15 is 0 Å². The minimum Gasteiger partial charge on any atom is -0.313 e. The van der Waals surface area contributed by atoms with Gasteiger partial charge in [-0.25, -0.2) is 0 Å². The third kappa shape index (κ3) is 2.09. The average Bonchev–Trinajstić information content (AvgIpc) is 2.89. The van der Waals surface area contributed by atoms with Gasteiger partial charge in [0.1, 0.15) is 11.4 Å². The Labute approximate surface area is 125 Å². The summed E-state index contributed by atoms with van der Waals surface area (Å²) < 4.78 is 0. The molecule has 3 rings (SSSR count). The molecular formula is C14H11ClN2O2S. The van der Waals surface area contributed by atoms with Crippen LogP contribution in [-0.4, -0.2) is 18.9 Å². The summed E-state index contributed by atoms with van der Waals surface area (Å²) in [4.78, 5) is 27.5. The fraction of sp³-hybridized carbons (Fsp3) is 0.143. The van der Waals surface area contributed by atoms with Crippen LogP contribution in [0, 0.1) is 0 Å². The molecule has 1 aliphatic heterocycles. The predicted molar refractivity (Wildman–Crippen MR) is 80.9 cm³/mol. The van der Waals surface area contributed by atoms with E-state index in [0.29, 0.717) is 16.4 Å². The van der Waals surface area contributed by atoms with Gasteiger partial charge in [-0.3, -0.25) is 14.5 Å². The van der Waals surface area contributed by atoms with Crippen LogP contribution in [0.1, 0.15) is 6.42 Å². The lowest BCUT2D eigenvalue weighted by molar-refractivity contribution is -0.125. The Balaban J connectivity index is 2.24. The number of hydrogen-bond acceptors (Lipinski definition) is 3. The quantitative estimate of drug-likeness (QED) is 0.757. The van der Waals surface area contributed by atoms with Crippen LogP contribution in [0.4, 0.5) is 16.4 Å². The molecule has 0 atom stereocenters. The second-order valence-electron chi connectivity index (χ2n) is 4.44. The highest BCUT2D eigenvalue weighted by atomic mass is 35.5. The van der Waals surface area contributed by atoms with E-state index in [2.05, 4.69) is 0 Å². The van der Waals surface area contributed by atoms with Gasteiger partial charge in [0, 0.05) is 12.1 Å². The van der Waals surface area contributed by atoms with Gasteiger partial charge in [0.2, 0.25) is 11.8 Å². The van der Waals surface area contributed by atoms with Crippen molar-refractivity contribution in [2.75, 3.05) is 16.8 Å². The van der Waals surface area contributed by atoms with Gasteiger partial charge >= 0.3 is 0 Å². The van der Waals surface area contributed by atoms with Crippen molar-refractivity contribution in [3.63, 3.8) is 0 Å². The van der Waals surface area contributed by atoms with E-state index in [4.69, 9.17) is 11.6 Å². The second-order valence-corrected chi connectivity index (χ2v) is 5.81. The first-order valence-electron chi connectivity index (χ1n) is 6.00. The van der Waals surface area contributed by atoms with E-state index in [-0.39, 0.29) is 18.2 Å². The topological polar surface area (TPSA) is 40.6 Å². The molecule has 102 valence electrons. The normalized spacial score (nSPS) is 15.3. The van der Waals surface area contributed by atoms with Crippen molar-refractivity contribution in [3.8, 4) is 0 Å². The Morgan fingerprint density at radius 1 is 1.15 bits per heavy atom. The number of thiophene rings is 1. The highest BCUT2D eigenvalue weighted by Gasteiger charge is 2.31. The molecule has 1 aromatic heterocycles. The zero-order valence-corrected chi connectivity index (χ0v) is 12.2. The van der Waals surface area contributed by atoms with Crippen molar-refractivity contribution in [2.45, 2.75) is 6.42 Å². The number of rotatable bonds is 1. The first-order chi connectivity index (χ1) is 9.58. The van der Waals surface area contributed by atoms with Gasteiger partial charge in [-0.15, -0.1) is 11.3 Å². The molecule has 0 radical (unpaired) electrons. The highest BCUT2D eigenvalue weighted by Crippen LogP contribution is 2.40. The summed E-state index contributed by atoms with van der Waals surface area (Å²) in [5.74, 6) is -0.469. The second kappa shape index (κ2) is 4.92. The van der Waals surface area contributed by atoms with Gasteiger partial charge in [-0.2, -0.15) is 0 Å². The molecule has 0 aliphatic carbocycles. The van der Waals surface area contributed by atoms with Crippen LogP contribution >= 0.6 is 22.9 Å².